The first-order chi connectivity index (χ1) is 9.11. The van der Waals surface area contributed by atoms with Crippen molar-refractivity contribution in [1.82, 2.24) is 0 Å². The fraction of sp³-hybridized carbons (Fsp3) is 0.500. The van der Waals surface area contributed by atoms with Gasteiger partial charge in [0.1, 0.15) is 6.10 Å². The minimum atomic E-state index is -0.748. The van der Waals surface area contributed by atoms with Crippen LogP contribution < -0.4 is 0 Å². The van der Waals surface area contributed by atoms with Crippen molar-refractivity contribution in [2.75, 3.05) is 6.61 Å². The molecule has 1 heterocycles. The quantitative estimate of drug-likeness (QED) is 0.820. The van der Waals surface area contributed by atoms with E-state index in [1.54, 1.807) is 0 Å². The van der Waals surface area contributed by atoms with E-state index in [1.807, 2.05) is 30.3 Å². The highest BCUT2D eigenvalue weighted by Crippen LogP contribution is 2.26. The molecule has 1 N–H and O–H groups in total. The lowest BCUT2D eigenvalue weighted by Gasteiger charge is -2.18. The number of carbonyl (C=O) groups is 1. The number of ether oxygens (including phenoxy) is 2. The summed E-state index contributed by atoms with van der Waals surface area (Å²) in [6, 6.07) is 9.69. The van der Waals surface area contributed by atoms with E-state index in [0.29, 0.717) is 6.42 Å². The van der Waals surface area contributed by atoms with E-state index in [-0.39, 0.29) is 12.7 Å². The van der Waals surface area contributed by atoms with E-state index in [0.717, 1.165) is 5.56 Å². The number of benzene rings is 1. The highest BCUT2D eigenvalue weighted by atomic mass is 16.6. The molecule has 4 heteroatoms. The summed E-state index contributed by atoms with van der Waals surface area (Å²) in [5, 5.41) is 9.19. The summed E-state index contributed by atoms with van der Waals surface area (Å²) in [7, 11) is 0. The Hall–Kier alpha value is -1.39. The predicted octanol–water partition coefficient (Wildman–Crippen LogP) is 1.31. The molecule has 1 aliphatic rings. The molecule has 18 heavy (non-hydrogen) atoms. The van der Waals surface area contributed by atoms with Gasteiger partial charge in [0.25, 0.3) is 0 Å². The fourth-order valence-corrected chi connectivity index (χ4v) is 2.10. The van der Waals surface area contributed by atoms with Crippen LogP contribution >= 0.6 is 0 Å². The SMILES string of the molecule is [2H]C1[C@@H](CO)O[C@@H](Cc2ccccc2)[C@H]1OC(C)=O. The van der Waals surface area contributed by atoms with Crippen LogP contribution in [0.1, 0.15) is 20.3 Å². The summed E-state index contributed by atoms with van der Waals surface area (Å²) < 4.78 is 18.8. The van der Waals surface area contributed by atoms with Crippen LogP contribution in [-0.2, 0) is 20.7 Å². The average Bonchev–Trinajstić information content (AvgIpc) is 2.68. The maximum atomic E-state index is 11.1. The Morgan fingerprint density at radius 2 is 2.28 bits per heavy atom. The van der Waals surface area contributed by atoms with Crippen LogP contribution in [0.4, 0.5) is 0 Å². The molecule has 0 amide bonds. The maximum absolute atomic E-state index is 11.1. The van der Waals surface area contributed by atoms with Gasteiger partial charge < -0.3 is 14.6 Å². The Kier molecular flexibility index (Phi) is 3.88. The number of hydrogen-bond acceptors (Lipinski definition) is 4. The third-order valence-electron chi connectivity index (χ3n) is 2.88. The molecule has 1 aromatic carbocycles. The van der Waals surface area contributed by atoms with Gasteiger partial charge in [-0.2, -0.15) is 0 Å². The molecule has 2 rings (SSSR count). The molecule has 1 aliphatic heterocycles. The van der Waals surface area contributed by atoms with Gasteiger partial charge in [0.15, 0.2) is 0 Å². The summed E-state index contributed by atoms with van der Waals surface area (Å²) in [4.78, 5) is 11.1. The number of esters is 1. The van der Waals surface area contributed by atoms with Gasteiger partial charge >= 0.3 is 5.97 Å². The van der Waals surface area contributed by atoms with Gasteiger partial charge in [-0.05, 0) is 5.56 Å². The monoisotopic (exact) mass is 251 g/mol. The summed E-state index contributed by atoms with van der Waals surface area (Å²) in [6.45, 7) is 1.08. The summed E-state index contributed by atoms with van der Waals surface area (Å²) >= 11 is 0. The lowest BCUT2D eigenvalue weighted by Crippen LogP contribution is -2.28. The second kappa shape index (κ2) is 5.98. The highest BCUT2D eigenvalue weighted by Gasteiger charge is 2.36. The fourth-order valence-electron chi connectivity index (χ4n) is 2.10. The summed E-state index contributed by atoms with van der Waals surface area (Å²) in [5.41, 5.74) is 1.05. The van der Waals surface area contributed by atoms with E-state index >= 15 is 0 Å². The molecule has 1 fully saturated rings. The van der Waals surface area contributed by atoms with Crippen LogP contribution in [0, 0.1) is 0 Å². The van der Waals surface area contributed by atoms with Crippen LogP contribution in [0.25, 0.3) is 0 Å². The second-order valence-corrected chi connectivity index (χ2v) is 4.35. The van der Waals surface area contributed by atoms with Gasteiger partial charge in [0, 0.05) is 21.1 Å². The second-order valence-electron chi connectivity index (χ2n) is 4.35. The first-order valence-corrected chi connectivity index (χ1v) is 6.01. The summed E-state index contributed by atoms with van der Waals surface area (Å²) in [5.74, 6) is -0.428. The van der Waals surface area contributed by atoms with Gasteiger partial charge in [-0.25, -0.2) is 0 Å². The Bertz CT molecular complexity index is 423. The number of aliphatic hydroxyl groups excluding tert-OH is 1. The molecule has 0 saturated carbocycles. The van der Waals surface area contributed by atoms with Crippen molar-refractivity contribution in [3.63, 3.8) is 0 Å². The molecule has 0 spiro atoms. The van der Waals surface area contributed by atoms with Crippen LogP contribution in [-0.4, -0.2) is 36.0 Å². The van der Waals surface area contributed by atoms with Crippen LogP contribution in [0.3, 0.4) is 0 Å². The van der Waals surface area contributed by atoms with E-state index in [9.17, 15) is 9.90 Å². The van der Waals surface area contributed by atoms with E-state index < -0.39 is 24.6 Å². The molecule has 0 aliphatic carbocycles. The van der Waals surface area contributed by atoms with Crippen molar-refractivity contribution >= 4 is 5.97 Å². The first-order valence-electron chi connectivity index (χ1n) is 6.59. The Morgan fingerprint density at radius 3 is 2.89 bits per heavy atom. The molecule has 1 unspecified atom stereocenters. The minimum absolute atomic E-state index is 0.239. The Labute approximate surface area is 108 Å². The molecule has 1 aromatic rings. The highest BCUT2D eigenvalue weighted by molar-refractivity contribution is 5.66. The number of hydrogen-bond donors (Lipinski definition) is 1. The van der Waals surface area contributed by atoms with Crippen molar-refractivity contribution in [1.29, 1.82) is 0 Å². The molecular weight excluding hydrogens is 232 g/mol. The molecular formula is C14H18O4. The Balaban J connectivity index is 2.10. The number of carbonyl (C=O) groups excluding carboxylic acids is 1. The topological polar surface area (TPSA) is 55.8 Å². The third kappa shape index (κ3) is 3.31. The van der Waals surface area contributed by atoms with Crippen LogP contribution in [0.2, 0.25) is 0 Å². The average molecular weight is 251 g/mol. The summed E-state index contributed by atoms with van der Waals surface area (Å²) in [6.07, 6.45) is -1.80. The Morgan fingerprint density at radius 1 is 1.56 bits per heavy atom. The maximum Gasteiger partial charge on any atom is 0.302 e. The minimum Gasteiger partial charge on any atom is -0.460 e. The van der Waals surface area contributed by atoms with E-state index in [4.69, 9.17) is 10.8 Å². The smallest absolute Gasteiger partial charge is 0.302 e. The van der Waals surface area contributed by atoms with Gasteiger partial charge in [-0.1, -0.05) is 30.3 Å². The zero-order valence-electron chi connectivity index (χ0n) is 11.3. The third-order valence-corrected chi connectivity index (χ3v) is 2.88. The van der Waals surface area contributed by atoms with Gasteiger partial charge in [-0.15, -0.1) is 0 Å². The van der Waals surface area contributed by atoms with Crippen molar-refractivity contribution in [2.45, 2.75) is 38.1 Å². The van der Waals surface area contributed by atoms with Crippen molar-refractivity contribution in [3.05, 3.63) is 35.9 Å². The van der Waals surface area contributed by atoms with Crippen molar-refractivity contribution in [3.8, 4) is 0 Å². The molecule has 98 valence electrons. The lowest BCUT2D eigenvalue weighted by atomic mass is 10.0. The van der Waals surface area contributed by atoms with Gasteiger partial charge in [0.05, 0.1) is 18.8 Å². The molecule has 0 radical (unpaired) electrons. The van der Waals surface area contributed by atoms with Gasteiger partial charge in [0.2, 0.25) is 0 Å². The first kappa shape index (κ1) is 11.7. The molecule has 1 saturated heterocycles. The van der Waals surface area contributed by atoms with E-state index in [1.165, 1.54) is 6.92 Å². The molecule has 4 atom stereocenters. The van der Waals surface area contributed by atoms with Gasteiger partial charge in [-0.3, -0.25) is 4.79 Å². The standard InChI is InChI=1S/C14H18O4/c1-10(16)17-14-8-12(9-15)18-13(14)7-11-5-3-2-4-6-11/h2-6,12-15H,7-9H2,1H3/t12-,13-,14-/m0/s1/i8D/t8?,12-,13-,14-. The lowest BCUT2D eigenvalue weighted by molar-refractivity contribution is -0.149. The van der Waals surface area contributed by atoms with Crippen molar-refractivity contribution < 1.29 is 20.7 Å². The number of rotatable bonds is 4. The van der Waals surface area contributed by atoms with Crippen LogP contribution in [0.15, 0.2) is 30.3 Å². The largest absolute Gasteiger partial charge is 0.460 e. The number of aliphatic hydroxyl groups is 1. The molecule has 4 nitrogen and oxygen atoms in total. The zero-order valence-corrected chi connectivity index (χ0v) is 10.3. The molecule has 0 aromatic heterocycles. The normalized spacial score (nSPS) is 32.0. The predicted molar refractivity (Wildman–Crippen MR) is 66.1 cm³/mol. The van der Waals surface area contributed by atoms with E-state index in [2.05, 4.69) is 0 Å². The zero-order chi connectivity index (χ0) is 13.8. The van der Waals surface area contributed by atoms with Crippen LogP contribution in [0.5, 0.6) is 0 Å². The van der Waals surface area contributed by atoms with Crippen molar-refractivity contribution in [2.24, 2.45) is 0 Å². The molecule has 0 bridgehead atoms.